The molecule has 1 fully saturated rings. The predicted molar refractivity (Wildman–Crippen MR) is 117 cm³/mol. The predicted octanol–water partition coefficient (Wildman–Crippen LogP) is 2.56. The molecule has 2 amide bonds. The highest BCUT2D eigenvalue weighted by Crippen LogP contribution is 2.23. The van der Waals surface area contributed by atoms with Crippen molar-refractivity contribution in [2.45, 2.75) is 6.54 Å². The van der Waals surface area contributed by atoms with E-state index in [1.54, 1.807) is 35.4 Å². The lowest BCUT2D eigenvalue weighted by Crippen LogP contribution is -2.49. The third-order valence-electron chi connectivity index (χ3n) is 5.09. The second-order valence-electron chi connectivity index (χ2n) is 7.15. The Morgan fingerprint density at radius 3 is 2.31 bits per heavy atom. The average molecular weight is 455 g/mol. The summed E-state index contributed by atoms with van der Waals surface area (Å²) >= 11 is 6.22. The molecule has 0 bridgehead atoms. The monoisotopic (exact) mass is 454 g/mol. The van der Waals surface area contributed by atoms with Gasteiger partial charge in [-0.2, -0.15) is 0 Å². The maximum Gasteiger partial charge on any atom is 0.275 e. The molecule has 1 aliphatic rings. The zero-order chi connectivity index (χ0) is 22.5. The fourth-order valence-corrected chi connectivity index (χ4v) is 3.65. The lowest BCUT2D eigenvalue weighted by Gasteiger charge is -2.35. The van der Waals surface area contributed by atoms with Crippen LogP contribution in [0.15, 0.2) is 55.0 Å². The van der Waals surface area contributed by atoms with E-state index in [-0.39, 0.29) is 29.7 Å². The molecule has 0 atom stereocenters. The maximum absolute atomic E-state index is 13.1. The van der Waals surface area contributed by atoms with Crippen molar-refractivity contribution in [3.63, 3.8) is 0 Å². The van der Waals surface area contributed by atoms with Crippen molar-refractivity contribution in [2.24, 2.45) is 0 Å². The van der Waals surface area contributed by atoms with Gasteiger partial charge in [-0.15, -0.1) is 0 Å². The standard InChI is InChI=1S/C22H20ClFN6O2/c23-17-2-1-7-27-20(17)29-10-12-30(13-11-29)22(32)19-18(25-8-9-26-19)21(31)28-14-15-3-5-16(24)6-4-15/h1-9H,10-14H2,(H,28,31). The van der Waals surface area contributed by atoms with Gasteiger partial charge in [0.2, 0.25) is 0 Å². The van der Waals surface area contributed by atoms with Gasteiger partial charge < -0.3 is 15.1 Å². The van der Waals surface area contributed by atoms with Crippen molar-refractivity contribution in [2.75, 3.05) is 31.1 Å². The number of nitrogens with zero attached hydrogens (tertiary/aromatic N) is 5. The number of rotatable bonds is 5. The second kappa shape index (κ2) is 9.69. The highest BCUT2D eigenvalue weighted by molar-refractivity contribution is 6.32. The van der Waals surface area contributed by atoms with Gasteiger partial charge in [0.05, 0.1) is 5.02 Å². The van der Waals surface area contributed by atoms with Crippen LogP contribution in [0, 0.1) is 5.82 Å². The van der Waals surface area contributed by atoms with Crippen LogP contribution in [0.5, 0.6) is 0 Å². The van der Waals surface area contributed by atoms with Crippen LogP contribution in [-0.2, 0) is 6.54 Å². The number of anilines is 1. The summed E-state index contributed by atoms with van der Waals surface area (Å²) < 4.78 is 13.0. The van der Waals surface area contributed by atoms with E-state index in [1.165, 1.54) is 24.5 Å². The van der Waals surface area contributed by atoms with Gasteiger partial charge in [0.1, 0.15) is 11.6 Å². The normalized spacial score (nSPS) is 13.7. The molecular formula is C22H20ClFN6O2. The van der Waals surface area contributed by atoms with E-state index in [9.17, 15) is 14.0 Å². The Kier molecular flexibility index (Phi) is 6.55. The largest absolute Gasteiger partial charge is 0.352 e. The number of carbonyl (C=O) groups is 2. The molecule has 10 heteroatoms. The van der Waals surface area contributed by atoms with Gasteiger partial charge >= 0.3 is 0 Å². The van der Waals surface area contributed by atoms with Crippen molar-refractivity contribution in [1.82, 2.24) is 25.2 Å². The van der Waals surface area contributed by atoms with Gasteiger partial charge in [-0.3, -0.25) is 9.59 Å². The van der Waals surface area contributed by atoms with Crippen molar-refractivity contribution < 1.29 is 14.0 Å². The van der Waals surface area contributed by atoms with Gasteiger partial charge in [-0.25, -0.2) is 19.3 Å². The minimum absolute atomic E-state index is 0.00609. The smallest absolute Gasteiger partial charge is 0.275 e. The summed E-state index contributed by atoms with van der Waals surface area (Å²) in [5.74, 6) is -0.560. The lowest BCUT2D eigenvalue weighted by molar-refractivity contribution is 0.0732. The van der Waals surface area contributed by atoms with Crippen LogP contribution in [0.25, 0.3) is 0 Å². The average Bonchev–Trinajstić information content (AvgIpc) is 2.83. The summed E-state index contributed by atoms with van der Waals surface area (Å²) in [6.07, 6.45) is 4.42. The van der Waals surface area contributed by atoms with E-state index >= 15 is 0 Å². The Bertz CT molecular complexity index is 1120. The number of amides is 2. The molecule has 8 nitrogen and oxygen atoms in total. The zero-order valence-corrected chi connectivity index (χ0v) is 17.8. The third-order valence-corrected chi connectivity index (χ3v) is 5.38. The SMILES string of the molecule is O=C(NCc1ccc(F)cc1)c1nccnc1C(=O)N1CCN(c2ncccc2Cl)CC1. The Balaban J connectivity index is 1.42. The molecule has 164 valence electrons. The Morgan fingerprint density at radius 1 is 0.938 bits per heavy atom. The third kappa shape index (κ3) is 4.83. The van der Waals surface area contributed by atoms with Gasteiger partial charge in [-0.05, 0) is 29.8 Å². The molecule has 0 spiro atoms. The molecule has 0 saturated carbocycles. The number of halogens is 2. The fraction of sp³-hybridized carbons (Fsp3) is 0.227. The first-order chi connectivity index (χ1) is 15.5. The molecule has 0 aliphatic carbocycles. The van der Waals surface area contributed by atoms with Crippen molar-refractivity contribution in [1.29, 1.82) is 0 Å². The van der Waals surface area contributed by atoms with Crippen LogP contribution in [-0.4, -0.2) is 57.8 Å². The number of pyridine rings is 1. The van der Waals surface area contributed by atoms with Crippen molar-refractivity contribution in [3.05, 3.63) is 82.8 Å². The van der Waals surface area contributed by atoms with Crippen LogP contribution in [0.2, 0.25) is 5.02 Å². The lowest BCUT2D eigenvalue weighted by atomic mass is 10.2. The second-order valence-corrected chi connectivity index (χ2v) is 7.56. The number of aromatic nitrogens is 3. The molecule has 4 rings (SSSR count). The van der Waals surface area contributed by atoms with Gasteiger partial charge in [0.15, 0.2) is 11.4 Å². The summed E-state index contributed by atoms with van der Waals surface area (Å²) in [5.41, 5.74) is 0.670. The first-order valence-electron chi connectivity index (χ1n) is 10.0. The van der Waals surface area contributed by atoms with Crippen molar-refractivity contribution in [3.8, 4) is 0 Å². The van der Waals surface area contributed by atoms with Crippen LogP contribution >= 0.6 is 11.6 Å². The quantitative estimate of drug-likeness (QED) is 0.637. The minimum Gasteiger partial charge on any atom is -0.352 e. The minimum atomic E-state index is -0.523. The zero-order valence-electron chi connectivity index (χ0n) is 17.0. The molecule has 3 aromatic rings. The highest BCUT2D eigenvalue weighted by atomic mass is 35.5. The van der Waals surface area contributed by atoms with E-state index in [1.807, 2.05) is 4.90 Å². The molecule has 1 aromatic carbocycles. The highest BCUT2D eigenvalue weighted by Gasteiger charge is 2.28. The first-order valence-corrected chi connectivity index (χ1v) is 10.4. The maximum atomic E-state index is 13.1. The number of benzene rings is 1. The molecular weight excluding hydrogens is 435 g/mol. The van der Waals surface area contributed by atoms with Gasteiger partial charge in [0, 0.05) is 51.3 Å². The summed E-state index contributed by atoms with van der Waals surface area (Å²) in [7, 11) is 0. The summed E-state index contributed by atoms with van der Waals surface area (Å²) in [6, 6.07) is 9.32. The van der Waals surface area contributed by atoms with Gasteiger partial charge in [0.25, 0.3) is 11.8 Å². The molecule has 1 saturated heterocycles. The van der Waals surface area contributed by atoms with Crippen LogP contribution in [0.4, 0.5) is 10.2 Å². The summed E-state index contributed by atoms with van der Waals surface area (Å²) in [5, 5.41) is 3.26. The van der Waals surface area contributed by atoms with Crippen molar-refractivity contribution >= 4 is 29.2 Å². The molecule has 1 aliphatic heterocycles. The number of piperazine rings is 1. The van der Waals surface area contributed by atoms with E-state index in [2.05, 4.69) is 20.3 Å². The first kappa shape index (κ1) is 21.6. The molecule has 3 heterocycles. The Labute approximate surface area is 189 Å². The summed E-state index contributed by atoms with van der Waals surface area (Å²) in [6.45, 7) is 2.13. The molecule has 0 radical (unpaired) electrons. The Hall–Kier alpha value is -3.59. The molecule has 2 aromatic heterocycles. The fourth-order valence-electron chi connectivity index (χ4n) is 3.41. The number of carbonyl (C=O) groups excluding carboxylic acids is 2. The van der Waals surface area contributed by atoms with E-state index in [0.29, 0.717) is 37.0 Å². The number of hydrogen-bond acceptors (Lipinski definition) is 6. The van der Waals surface area contributed by atoms with E-state index in [4.69, 9.17) is 11.6 Å². The Morgan fingerprint density at radius 2 is 1.62 bits per heavy atom. The molecule has 32 heavy (non-hydrogen) atoms. The van der Waals surface area contributed by atoms with Crippen LogP contribution < -0.4 is 10.2 Å². The van der Waals surface area contributed by atoms with E-state index < -0.39 is 5.91 Å². The van der Waals surface area contributed by atoms with Gasteiger partial charge in [-0.1, -0.05) is 23.7 Å². The van der Waals surface area contributed by atoms with Crippen LogP contribution in [0.1, 0.15) is 26.5 Å². The summed E-state index contributed by atoms with van der Waals surface area (Å²) in [4.78, 5) is 41.9. The van der Waals surface area contributed by atoms with E-state index in [0.717, 1.165) is 5.56 Å². The molecule has 0 unspecified atom stereocenters. The van der Waals surface area contributed by atoms with Crippen LogP contribution in [0.3, 0.4) is 0 Å². The number of nitrogens with one attached hydrogen (secondary N) is 1. The molecule has 1 N–H and O–H groups in total. The number of hydrogen-bond donors (Lipinski definition) is 1. The topological polar surface area (TPSA) is 91.3 Å².